The largest absolute Gasteiger partial charge is 0.382 e. The Labute approximate surface area is 242 Å². The molecule has 4 rings (SSSR count). The van der Waals surface area contributed by atoms with Gasteiger partial charge in [0.2, 0.25) is 0 Å². The summed E-state index contributed by atoms with van der Waals surface area (Å²) in [6, 6.07) is 17.5. The molecule has 2 aromatic heterocycles. The minimum Gasteiger partial charge on any atom is -0.382 e. The van der Waals surface area contributed by atoms with Crippen LogP contribution < -0.4 is 5.73 Å². The first-order valence-corrected chi connectivity index (χ1v) is 15.7. The quantitative estimate of drug-likeness (QED) is 0.153. The second kappa shape index (κ2) is 14.1. The number of hydrogen-bond acceptors (Lipinski definition) is 4. The molecule has 0 bridgehead atoms. The molecule has 0 aliphatic rings. The van der Waals surface area contributed by atoms with Crippen LogP contribution in [0.25, 0.3) is 21.9 Å². The van der Waals surface area contributed by atoms with Gasteiger partial charge in [-0.15, -0.1) is 0 Å². The Morgan fingerprint density at radius 3 is 2.12 bits per heavy atom. The average Bonchev–Trinajstić information content (AvgIpc) is 3.30. The van der Waals surface area contributed by atoms with Gasteiger partial charge in [-0.05, 0) is 57.4 Å². The van der Waals surface area contributed by atoms with Crippen molar-refractivity contribution >= 4 is 27.8 Å². The Hall–Kier alpha value is -2.92. The lowest BCUT2D eigenvalue weighted by atomic mass is 10.0. The van der Waals surface area contributed by atoms with Crippen LogP contribution >= 0.6 is 0 Å². The van der Waals surface area contributed by atoms with Crippen molar-refractivity contribution in [3.63, 3.8) is 0 Å². The maximum atomic E-state index is 6.41. The van der Waals surface area contributed by atoms with E-state index >= 15 is 0 Å². The average molecular weight is 542 g/mol. The van der Waals surface area contributed by atoms with Crippen molar-refractivity contribution in [2.75, 3.05) is 12.3 Å². The Morgan fingerprint density at radius 1 is 0.775 bits per heavy atom. The number of para-hydroxylation sites is 1. The summed E-state index contributed by atoms with van der Waals surface area (Å²) in [5, 5.41) is 1.12. The molecule has 2 aromatic carbocycles. The molecule has 2 N–H and O–H groups in total. The van der Waals surface area contributed by atoms with Crippen LogP contribution in [-0.4, -0.2) is 31.5 Å². The van der Waals surface area contributed by atoms with E-state index in [1.807, 2.05) is 12.1 Å². The first-order chi connectivity index (χ1) is 19.3. The predicted molar refractivity (Wildman–Crippen MR) is 172 cm³/mol. The number of aryl methyl sites for hydroxylation is 1. The molecule has 0 amide bonds. The molecule has 5 heteroatoms. The van der Waals surface area contributed by atoms with Crippen LogP contribution in [0.15, 0.2) is 48.5 Å². The van der Waals surface area contributed by atoms with Crippen LogP contribution in [0, 0.1) is 0 Å². The summed E-state index contributed by atoms with van der Waals surface area (Å²) < 4.78 is 2.38. The van der Waals surface area contributed by atoms with E-state index in [0.717, 1.165) is 66.7 Å². The van der Waals surface area contributed by atoms with Gasteiger partial charge < -0.3 is 10.3 Å². The van der Waals surface area contributed by atoms with E-state index in [1.165, 1.54) is 56.1 Å². The van der Waals surface area contributed by atoms with Crippen LogP contribution in [0.1, 0.15) is 109 Å². The maximum Gasteiger partial charge on any atom is 0.152 e. The molecule has 5 nitrogen and oxygen atoms in total. The number of aromatic nitrogens is 3. The maximum absolute atomic E-state index is 6.41. The smallest absolute Gasteiger partial charge is 0.152 e. The van der Waals surface area contributed by atoms with Crippen molar-refractivity contribution in [2.24, 2.45) is 0 Å². The lowest BCUT2D eigenvalue weighted by molar-refractivity contribution is 0.124. The highest BCUT2D eigenvalue weighted by Gasteiger charge is 2.21. The Morgan fingerprint density at radius 2 is 1.43 bits per heavy atom. The van der Waals surface area contributed by atoms with E-state index in [2.05, 4.69) is 85.5 Å². The fourth-order valence-corrected chi connectivity index (χ4v) is 5.67. The third-order valence-corrected chi connectivity index (χ3v) is 8.16. The van der Waals surface area contributed by atoms with Gasteiger partial charge in [0.1, 0.15) is 11.3 Å². The highest BCUT2D eigenvalue weighted by Crippen LogP contribution is 2.30. The van der Waals surface area contributed by atoms with Gasteiger partial charge in [-0.2, -0.15) is 0 Å². The van der Waals surface area contributed by atoms with Gasteiger partial charge >= 0.3 is 0 Å². The molecule has 4 aromatic rings. The van der Waals surface area contributed by atoms with E-state index in [1.54, 1.807) is 0 Å². The fraction of sp³-hybridized carbons (Fsp3) is 0.543. The number of rotatable bonds is 15. The highest BCUT2D eigenvalue weighted by atomic mass is 15.2. The van der Waals surface area contributed by atoms with E-state index in [9.17, 15) is 0 Å². The number of fused-ring (bicyclic) bond motifs is 3. The molecule has 2 heterocycles. The second-order valence-electron chi connectivity index (χ2n) is 12.5. The first-order valence-electron chi connectivity index (χ1n) is 15.7. The molecule has 0 spiro atoms. The third kappa shape index (κ3) is 7.63. The number of pyridine rings is 1. The zero-order chi connectivity index (χ0) is 28.5. The van der Waals surface area contributed by atoms with Gasteiger partial charge in [0.25, 0.3) is 0 Å². The van der Waals surface area contributed by atoms with Gasteiger partial charge in [0.05, 0.1) is 11.0 Å². The second-order valence-corrected chi connectivity index (χ2v) is 12.5. The number of hydrogen-bond donors (Lipinski definition) is 1. The predicted octanol–water partition coefficient (Wildman–Crippen LogP) is 8.91. The SMILES string of the molecule is CCCCCCCCCN(Cc1ccc(Cn2c(CCCC)nc3c(N)nc4ccccc4c32)cc1)C(C)(C)C. The van der Waals surface area contributed by atoms with Crippen molar-refractivity contribution in [1.82, 2.24) is 19.4 Å². The summed E-state index contributed by atoms with van der Waals surface area (Å²) >= 11 is 0. The number of anilines is 1. The summed E-state index contributed by atoms with van der Waals surface area (Å²) in [6.07, 6.45) is 12.6. The number of unbranched alkanes of at least 4 members (excludes halogenated alkanes) is 7. The number of nitrogen functional groups attached to an aromatic ring is 1. The topological polar surface area (TPSA) is 60.0 Å². The summed E-state index contributed by atoms with van der Waals surface area (Å²) in [4.78, 5) is 12.3. The number of nitrogens with zero attached hydrogens (tertiary/aromatic N) is 4. The van der Waals surface area contributed by atoms with Crippen molar-refractivity contribution in [1.29, 1.82) is 0 Å². The molecule has 0 aliphatic carbocycles. The van der Waals surface area contributed by atoms with Crippen molar-refractivity contribution < 1.29 is 0 Å². The van der Waals surface area contributed by atoms with Gasteiger partial charge in [-0.1, -0.05) is 101 Å². The van der Waals surface area contributed by atoms with E-state index in [0.29, 0.717) is 5.82 Å². The van der Waals surface area contributed by atoms with Gasteiger partial charge in [0.15, 0.2) is 5.82 Å². The summed E-state index contributed by atoms with van der Waals surface area (Å²) in [5.74, 6) is 1.61. The lowest BCUT2D eigenvalue weighted by Crippen LogP contribution is -2.41. The van der Waals surface area contributed by atoms with Crippen LogP contribution in [0.5, 0.6) is 0 Å². The Kier molecular flexibility index (Phi) is 10.6. The van der Waals surface area contributed by atoms with Crippen LogP contribution in [0.3, 0.4) is 0 Å². The molecule has 0 atom stereocenters. The van der Waals surface area contributed by atoms with Gasteiger partial charge in [0, 0.05) is 30.4 Å². The van der Waals surface area contributed by atoms with Crippen molar-refractivity contribution in [2.45, 2.75) is 117 Å². The molecule has 0 saturated heterocycles. The molecular weight excluding hydrogens is 490 g/mol. The number of nitrogens with two attached hydrogens (primary N) is 1. The molecule has 216 valence electrons. The molecule has 0 aliphatic heterocycles. The number of benzene rings is 2. The van der Waals surface area contributed by atoms with Crippen LogP contribution in [0.4, 0.5) is 5.82 Å². The van der Waals surface area contributed by atoms with Crippen molar-refractivity contribution in [3.05, 3.63) is 65.5 Å². The van der Waals surface area contributed by atoms with E-state index in [4.69, 9.17) is 10.7 Å². The minimum atomic E-state index is 0.153. The molecular formula is C35H51N5. The summed E-state index contributed by atoms with van der Waals surface area (Å²) in [7, 11) is 0. The monoisotopic (exact) mass is 541 g/mol. The normalized spacial score (nSPS) is 12.2. The Balaban J connectivity index is 1.50. The van der Waals surface area contributed by atoms with E-state index in [-0.39, 0.29) is 5.54 Å². The van der Waals surface area contributed by atoms with E-state index < -0.39 is 0 Å². The van der Waals surface area contributed by atoms with Gasteiger partial charge in [-0.3, -0.25) is 4.90 Å². The molecule has 40 heavy (non-hydrogen) atoms. The molecule has 0 unspecified atom stereocenters. The third-order valence-electron chi connectivity index (χ3n) is 8.16. The lowest BCUT2D eigenvalue weighted by Gasteiger charge is -2.36. The first kappa shape index (κ1) is 30.0. The standard InChI is InChI=1S/C35H51N5/c1-6-8-10-11-12-13-16-24-39(35(3,4)5)25-27-20-22-28(23-21-27)26-40-31(19-9-7-2)38-32-33(40)29-17-14-15-18-30(29)37-34(32)36/h14-15,17-18,20-23H,6-13,16,19,24-26H2,1-5H3,(H2,36,37). The summed E-state index contributed by atoms with van der Waals surface area (Å²) in [5.41, 5.74) is 12.1. The highest BCUT2D eigenvalue weighted by molar-refractivity contribution is 6.06. The molecule has 0 fully saturated rings. The zero-order valence-corrected chi connectivity index (χ0v) is 25.7. The summed E-state index contributed by atoms with van der Waals surface area (Å²) in [6.45, 7) is 14.5. The molecule has 0 radical (unpaired) electrons. The van der Waals surface area contributed by atoms with Gasteiger partial charge in [-0.25, -0.2) is 9.97 Å². The molecule has 0 saturated carbocycles. The van der Waals surface area contributed by atoms with Crippen molar-refractivity contribution in [3.8, 4) is 0 Å². The Bertz CT molecular complexity index is 1350. The number of imidazole rings is 1. The van der Waals surface area contributed by atoms with Crippen LogP contribution in [0.2, 0.25) is 0 Å². The van der Waals surface area contributed by atoms with Crippen LogP contribution in [-0.2, 0) is 19.5 Å². The minimum absolute atomic E-state index is 0.153. The zero-order valence-electron chi connectivity index (χ0n) is 25.7. The fourth-order valence-electron chi connectivity index (χ4n) is 5.67.